The lowest BCUT2D eigenvalue weighted by Gasteiger charge is -2.22. The van der Waals surface area contributed by atoms with E-state index in [1.54, 1.807) is 18.2 Å². The lowest BCUT2D eigenvalue weighted by molar-refractivity contribution is 0.0976. The van der Waals surface area contributed by atoms with Crippen LogP contribution in [0.4, 0.5) is 11.5 Å². The molecule has 0 aliphatic carbocycles. The fraction of sp³-hybridized carbons (Fsp3) is 0.353. The second-order valence-electron chi connectivity index (χ2n) is 5.56. The van der Waals surface area contributed by atoms with Crippen LogP contribution in [0.3, 0.4) is 0 Å². The highest BCUT2D eigenvalue weighted by Gasteiger charge is 2.31. The first kappa shape index (κ1) is 15.4. The van der Waals surface area contributed by atoms with Crippen molar-refractivity contribution in [3.05, 3.63) is 47.9 Å². The molecule has 6 nitrogen and oxygen atoms in total. The minimum Gasteiger partial charge on any atom is -0.383 e. The number of methoxy groups -OCH3 is 1. The molecule has 1 aliphatic heterocycles. The van der Waals surface area contributed by atoms with E-state index in [0.29, 0.717) is 24.7 Å². The molecule has 1 aromatic carbocycles. The van der Waals surface area contributed by atoms with Crippen molar-refractivity contribution in [2.24, 2.45) is 0 Å². The monoisotopic (exact) mass is 312 g/mol. The maximum atomic E-state index is 12.8. The summed E-state index contributed by atoms with van der Waals surface area (Å²) in [6.07, 6.45) is 3.96. The molecule has 23 heavy (non-hydrogen) atoms. The summed E-state index contributed by atoms with van der Waals surface area (Å²) in [6, 6.07) is 8.12. The van der Waals surface area contributed by atoms with Gasteiger partial charge in [0.25, 0.3) is 5.91 Å². The van der Waals surface area contributed by atoms with Crippen molar-refractivity contribution in [2.45, 2.75) is 19.4 Å². The fourth-order valence-electron chi connectivity index (χ4n) is 2.81. The predicted molar refractivity (Wildman–Crippen MR) is 88.8 cm³/mol. The number of amides is 1. The van der Waals surface area contributed by atoms with Gasteiger partial charge in [-0.25, -0.2) is 9.97 Å². The summed E-state index contributed by atoms with van der Waals surface area (Å²) < 4.78 is 4.97. The SMILES string of the molecule is COCCNc1cnc(C(=O)N2c3ccccc3CC2C)cn1. The maximum absolute atomic E-state index is 12.8. The van der Waals surface area contributed by atoms with Crippen molar-refractivity contribution in [3.63, 3.8) is 0 Å². The highest BCUT2D eigenvalue weighted by Crippen LogP contribution is 2.32. The van der Waals surface area contributed by atoms with Crippen molar-refractivity contribution in [1.29, 1.82) is 0 Å². The van der Waals surface area contributed by atoms with Crippen molar-refractivity contribution < 1.29 is 9.53 Å². The number of carbonyl (C=O) groups is 1. The second-order valence-corrected chi connectivity index (χ2v) is 5.56. The number of hydrogen-bond donors (Lipinski definition) is 1. The molecular weight excluding hydrogens is 292 g/mol. The topological polar surface area (TPSA) is 67.3 Å². The number of aromatic nitrogens is 2. The van der Waals surface area contributed by atoms with E-state index in [0.717, 1.165) is 12.1 Å². The van der Waals surface area contributed by atoms with Crippen molar-refractivity contribution in [2.75, 3.05) is 30.5 Å². The molecule has 0 radical (unpaired) electrons. The molecule has 2 aromatic rings. The van der Waals surface area contributed by atoms with Crippen molar-refractivity contribution in [3.8, 4) is 0 Å². The third kappa shape index (κ3) is 3.17. The van der Waals surface area contributed by atoms with Crippen LogP contribution < -0.4 is 10.2 Å². The zero-order valence-corrected chi connectivity index (χ0v) is 13.3. The molecule has 6 heteroatoms. The van der Waals surface area contributed by atoms with E-state index in [2.05, 4.69) is 21.4 Å². The number of ether oxygens (including phenoxy) is 1. The smallest absolute Gasteiger partial charge is 0.278 e. The molecule has 3 rings (SSSR count). The number of rotatable bonds is 5. The molecule has 0 bridgehead atoms. The molecule has 1 amide bonds. The molecule has 1 N–H and O–H groups in total. The van der Waals surface area contributed by atoms with Gasteiger partial charge in [-0.15, -0.1) is 0 Å². The van der Waals surface area contributed by atoms with Crippen LogP contribution in [0.5, 0.6) is 0 Å². The van der Waals surface area contributed by atoms with E-state index in [-0.39, 0.29) is 11.9 Å². The maximum Gasteiger partial charge on any atom is 0.278 e. The molecule has 1 aliphatic rings. The van der Waals surface area contributed by atoms with Crippen LogP contribution in [0.25, 0.3) is 0 Å². The Bertz CT molecular complexity index is 687. The number of nitrogens with one attached hydrogen (secondary N) is 1. The minimum atomic E-state index is -0.113. The number of hydrogen-bond acceptors (Lipinski definition) is 5. The molecule has 1 atom stereocenters. The van der Waals surface area contributed by atoms with Crippen molar-refractivity contribution >= 4 is 17.4 Å². The van der Waals surface area contributed by atoms with E-state index >= 15 is 0 Å². The number of fused-ring (bicyclic) bond motifs is 1. The first-order valence-electron chi connectivity index (χ1n) is 7.67. The first-order chi connectivity index (χ1) is 11.2. The second kappa shape index (κ2) is 6.75. The van der Waals surface area contributed by atoms with Gasteiger partial charge < -0.3 is 15.0 Å². The van der Waals surface area contributed by atoms with Gasteiger partial charge in [-0.2, -0.15) is 0 Å². The van der Waals surface area contributed by atoms with Gasteiger partial charge in [0.1, 0.15) is 11.5 Å². The van der Waals surface area contributed by atoms with Gasteiger partial charge in [0, 0.05) is 25.4 Å². The summed E-state index contributed by atoms with van der Waals surface area (Å²) in [5.74, 6) is 0.520. The van der Waals surface area contributed by atoms with Gasteiger partial charge in [-0.1, -0.05) is 18.2 Å². The Morgan fingerprint density at radius 3 is 2.91 bits per heavy atom. The van der Waals surface area contributed by atoms with E-state index in [1.165, 1.54) is 11.8 Å². The summed E-state index contributed by atoms with van der Waals surface area (Å²) in [7, 11) is 1.64. The van der Waals surface area contributed by atoms with Crippen LogP contribution in [0.1, 0.15) is 23.0 Å². The molecule has 0 spiro atoms. The van der Waals surface area contributed by atoms with Gasteiger partial charge >= 0.3 is 0 Å². The number of benzene rings is 1. The number of carbonyl (C=O) groups excluding carboxylic acids is 1. The number of anilines is 2. The van der Waals surface area contributed by atoms with E-state index in [1.807, 2.05) is 25.1 Å². The number of nitrogens with zero attached hydrogens (tertiary/aromatic N) is 3. The van der Waals surface area contributed by atoms with E-state index in [4.69, 9.17) is 4.74 Å². The molecule has 0 saturated heterocycles. The van der Waals surface area contributed by atoms with Crippen LogP contribution in [-0.4, -0.2) is 42.2 Å². The van der Waals surface area contributed by atoms with Crippen LogP contribution in [0.2, 0.25) is 0 Å². The largest absolute Gasteiger partial charge is 0.383 e. The van der Waals surface area contributed by atoms with Gasteiger partial charge in [0.15, 0.2) is 0 Å². The van der Waals surface area contributed by atoms with Gasteiger partial charge in [0.05, 0.1) is 19.0 Å². The Labute approximate surface area is 135 Å². The minimum absolute atomic E-state index is 0.113. The lowest BCUT2D eigenvalue weighted by atomic mass is 10.1. The summed E-state index contributed by atoms with van der Waals surface area (Å²) in [4.78, 5) is 23.1. The van der Waals surface area contributed by atoms with E-state index in [9.17, 15) is 4.79 Å². The van der Waals surface area contributed by atoms with Crippen molar-refractivity contribution in [1.82, 2.24) is 9.97 Å². The summed E-state index contributed by atoms with van der Waals surface area (Å²) in [5.41, 5.74) is 2.51. The molecule has 1 aromatic heterocycles. The normalized spacial score (nSPS) is 16.3. The predicted octanol–water partition coefficient (Wildman–Crippen LogP) is 2.13. The highest BCUT2D eigenvalue weighted by atomic mass is 16.5. The average Bonchev–Trinajstić information content (AvgIpc) is 2.91. The molecular formula is C17H20N4O2. The zero-order chi connectivity index (χ0) is 16.2. The Morgan fingerprint density at radius 1 is 1.35 bits per heavy atom. The van der Waals surface area contributed by atoms with Gasteiger partial charge in [-0.05, 0) is 25.0 Å². The van der Waals surface area contributed by atoms with Crippen LogP contribution in [0.15, 0.2) is 36.7 Å². The van der Waals surface area contributed by atoms with E-state index < -0.39 is 0 Å². The number of para-hydroxylation sites is 1. The molecule has 0 saturated carbocycles. The third-order valence-corrected chi connectivity index (χ3v) is 3.91. The molecule has 2 heterocycles. The van der Waals surface area contributed by atoms with Gasteiger partial charge in [0.2, 0.25) is 0 Å². The lowest BCUT2D eigenvalue weighted by Crippen LogP contribution is -2.36. The average molecular weight is 312 g/mol. The molecule has 0 fully saturated rings. The van der Waals surface area contributed by atoms with Crippen LogP contribution >= 0.6 is 0 Å². The van der Waals surface area contributed by atoms with Gasteiger partial charge in [-0.3, -0.25) is 4.79 Å². The zero-order valence-electron chi connectivity index (χ0n) is 13.3. The Kier molecular flexibility index (Phi) is 4.52. The van der Waals surface area contributed by atoms with Crippen LogP contribution in [0, 0.1) is 0 Å². The highest BCUT2D eigenvalue weighted by molar-refractivity contribution is 6.06. The summed E-state index contributed by atoms with van der Waals surface area (Å²) in [5, 5.41) is 3.08. The quantitative estimate of drug-likeness (QED) is 0.857. The Hall–Kier alpha value is -2.47. The summed E-state index contributed by atoms with van der Waals surface area (Å²) >= 11 is 0. The standard InChI is InChI=1S/C17H20N4O2/c1-12-9-13-5-3-4-6-15(13)21(12)17(22)14-10-20-16(11-19-14)18-7-8-23-2/h3-6,10-12H,7-9H2,1-2H3,(H,18,20). The Balaban J connectivity index is 1.76. The van der Waals surface area contributed by atoms with Crippen LogP contribution in [-0.2, 0) is 11.2 Å². The molecule has 1 unspecified atom stereocenters. The first-order valence-corrected chi connectivity index (χ1v) is 7.67. The third-order valence-electron chi connectivity index (χ3n) is 3.91. The fourth-order valence-corrected chi connectivity index (χ4v) is 2.81. The summed E-state index contributed by atoms with van der Waals surface area (Å²) in [6.45, 7) is 3.28. The Morgan fingerprint density at radius 2 is 2.17 bits per heavy atom. The molecule has 120 valence electrons.